The lowest BCUT2D eigenvalue weighted by Crippen LogP contribution is -2.03. The van der Waals surface area contributed by atoms with Gasteiger partial charge in [-0.1, -0.05) is 0 Å². The largest absolute Gasteiger partial charge is 0.435 e. The van der Waals surface area contributed by atoms with Gasteiger partial charge >= 0.3 is 0 Å². The molecule has 0 fully saturated rings. The Morgan fingerprint density at radius 2 is 1.92 bits per heavy atom. The molecule has 0 atom stereocenters. The molecule has 0 amide bonds. The second kappa shape index (κ2) is 6.57. The zero-order valence-corrected chi connectivity index (χ0v) is 12.8. The Bertz CT molecular complexity index is 886. The number of hydrogen-bond donors (Lipinski definition) is 1. The first kappa shape index (κ1) is 15.8. The third-order valence-corrected chi connectivity index (χ3v) is 3.58. The topological polar surface area (TPSA) is 73.9 Å². The average molecular weight is 328 g/mol. The molecule has 0 aliphatic rings. The van der Waals surface area contributed by atoms with Gasteiger partial charge in [0.25, 0.3) is 5.88 Å². The van der Waals surface area contributed by atoms with E-state index in [-0.39, 0.29) is 18.1 Å². The number of ether oxygens (including phenoxy) is 1. The lowest BCUT2D eigenvalue weighted by atomic mass is 10.0. The van der Waals surface area contributed by atoms with Gasteiger partial charge in [0.15, 0.2) is 23.2 Å². The van der Waals surface area contributed by atoms with Gasteiger partial charge in [-0.15, -0.1) is 0 Å². The smallest absolute Gasteiger partial charge is 0.255 e. The van der Waals surface area contributed by atoms with Crippen LogP contribution in [-0.4, -0.2) is 15.0 Å². The van der Waals surface area contributed by atoms with Gasteiger partial charge in [0, 0.05) is 25.0 Å². The van der Waals surface area contributed by atoms with Gasteiger partial charge < -0.3 is 10.5 Å². The molecule has 0 radical (unpaired) electrons. The van der Waals surface area contributed by atoms with E-state index < -0.39 is 11.6 Å². The minimum Gasteiger partial charge on any atom is -0.435 e. The molecule has 0 spiro atoms. The van der Waals surface area contributed by atoms with E-state index in [9.17, 15) is 8.78 Å². The molecule has 0 unspecified atom stereocenters. The molecule has 2 N–H and O–H groups in total. The molecular formula is C17H14F2N4O. The average Bonchev–Trinajstić information content (AvgIpc) is 2.57. The van der Waals surface area contributed by atoms with Crippen LogP contribution in [0.25, 0.3) is 0 Å². The molecule has 3 heterocycles. The van der Waals surface area contributed by atoms with Gasteiger partial charge in [0.2, 0.25) is 0 Å². The molecule has 0 saturated carbocycles. The van der Waals surface area contributed by atoms with Crippen molar-refractivity contribution in [2.45, 2.75) is 13.3 Å². The van der Waals surface area contributed by atoms with Crippen molar-refractivity contribution in [2.75, 3.05) is 5.73 Å². The van der Waals surface area contributed by atoms with Crippen LogP contribution in [0.2, 0.25) is 0 Å². The van der Waals surface area contributed by atoms with Crippen LogP contribution in [0.1, 0.15) is 16.7 Å². The molecular weight excluding hydrogens is 314 g/mol. The predicted octanol–water partition coefficient (Wildman–Crippen LogP) is 3.42. The van der Waals surface area contributed by atoms with E-state index in [0.29, 0.717) is 16.9 Å². The highest BCUT2D eigenvalue weighted by Gasteiger charge is 2.13. The monoisotopic (exact) mass is 328 g/mol. The first-order valence-corrected chi connectivity index (χ1v) is 7.17. The van der Waals surface area contributed by atoms with Gasteiger partial charge in [-0.2, -0.15) is 0 Å². The molecule has 0 aliphatic heterocycles. The molecule has 0 aromatic carbocycles. The molecule has 3 aromatic heterocycles. The number of rotatable bonds is 4. The summed E-state index contributed by atoms with van der Waals surface area (Å²) in [5, 5.41) is 0. The van der Waals surface area contributed by atoms with Crippen LogP contribution < -0.4 is 10.5 Å². The van der Waals surface area contributed by atoms with E-state index in [1.54, 1.807) is 19.2 Å². The Labute approximate surface area is 137 Å². The second-order valence-corrected chi connectivity index (χ2v) is 5.16. The number of aromatic nitrogens is 3. The lowest BCUT2D eigenvalue weighted by Gasteiger charge is -2.12. The Hall–Kier alpha value is -3.09. The fourth-order valence-corrected chi connectivity index (χ4v) is 2.22. The summed E-state index contributed by atoms with van der Waals surface area (Å²) in [5.41, 5.74) is 7.32. The Kier molecular flexibility index (Phi) is 4.33. The van der Waals surface area contributed by atoms with Crippen molar-refractivity contribution < 1.29 is 13.5 Å². The summed E-state index contributed by atoms with van der Waals surface area (Å²) in [7, 11) is 0. The maximum atomic E-state index is 14.0. The molecule has 5 nitrogen and oxygen atoms in total. The number of hydrogen-bond acceptors (Lipinski definition) is 5. The van der Waals surface area contributed by atoms with Crippen molar-refractivity contribution in [1.29, 1.82) is 0 Å². The Morgan fingerprint density at radius 1 is 1.08 bits per heavy atom. The third kappa shape index (κ3) is 3.15. The lowest BCUT2D eigenvalue weighted by molar-refractivity contribution is 0.418. The van der Waals surface area contributed by atoms with E-state index in [1.807, 2.05) is 0 Å². The van der Waals surface area contributed by atoms with Crippen LogP contribution in [0.4, 0.5) is 14.6 Å². The van der Waals surface area contributed by atoms with Crippen molar-refractivity contribution in [2.24, 2.45) is 0 Å². The maximum Gasteiger partial charge on any atom is 0.255 e. The molecule has 0 saturated heterocycles. The second-order valence-electron chi connectivity index (χ2n) is 5.16. The van der Waals surface area contributed by atoms with Gasteiger partial charge in [0.05, 0.1) is 6.20 Å². The van der Waals surface area contributed by atoms with Gasteiger partial charge in [-0.25, -0.2) is 18.7 Å². The maximum absolute atomic E-state index is 14.0. The number of pyridine rings is 3. The van der Waals surface area contributed by atoms with Crippen LogP contribution in [-0.2, 0) is 6.42 Å². The van der Waals surface area contributed by atoms with E-state index in [2.05, 4.69) is 15.0 Å². The molecule has 3 rings (SSSR count). The number of nitrogens with zero attached hydrogens (tertiary/aromatic N) is 3. The Balaban J connectivity index is 1.91. The van der Waals surface area contributed by atoms with Crippen LogP contribution in [0.15, 0.2) is 43.0 Å². The fourth-order valence-electron chi connectivity index (χ4n) is 2.22. The number of nitrogen functional groups attached to an aromatic ring is 1. The van der Waals surface area contributed by atoms with Crippen LogP contribution in [0.5, 0.6) is 11.6 Å². The molecule has 7 heteroatoms. The molecule has 24 heavy (non-hydrogen) atoms. The fraction of sp³-hybridized carbons (Fsp3) is 0.118. The van der Waals surface area contributed by atoms with Crippen molar-refractivity contribution in [3.8, 4) is 11.6 Å². The number of anilines is 1. The number of nitrogens with two attached hydrogens (primary N) is 1. The van der Waals surface area contributed by atoms with Crippen LogP contribution >= 0.6 is 0 Å². The van der Waals surface area contributed by atoms with Crippen molar-refractivity contribution in [3.05, 3.63) is 71.3 Å². The molecule has 0 bridgehead atoms. The summed E-state index contributed by atoms with van der Waals surface area (Å²) >= 11 is 0. The van der Waals surface area contributed by atoms with Crippen molar-refractivity contribution in [3.63, 3.8) is 0 Å². The highest BCUT2D eigenvalue weighted by Crippen LogP contribution is 2.28. The molecule has 122 valence electrons. The summed E-state index contributed by atoms with van der Waals surface area (Å²) in [6.07, 6.45) is 6.21. The summed E-state index contributed by atoms with van der Waals surface area (Å²) < 4.78 is 33.2. The normalized spacial score (nSPS) is 10.6. The Morgan fingerprint density at radius 3 is 2.71 bits per heavy atom. The molecule has 0 aliphatic carbocycles. The number of halogens is 2. The van der Waals surface area contributed by atoms with E-state index in [1.165, 1.54) is 30.7 Å². The van der Waals surface area contributed by atoms with Gasteiger partial charge in [0.1, 0.15) is 0 Å². The first-order valence-electron chi connectivity index (χ1n) is 7.17. The standard InChI is InChI=1S/C17H14F2N4O/c1-10-12(7-11-4-6-22-16(20)15(11)19)8-21-9-14(10)24-17-13(18)3-2-5-23-17/h2-6,8-9H,7H2,1H3,(H2,20,22). The minimum absolute atomic E-state index is 0.140. The third-order valence-electron chi connectivity index (χ3n) is 3.58. The predicted molar refractivity (Wildman–Crippen MR) is 84.7 cm³/mol. The quantitative estimate of drug-likeness (QED) is 0.794. The van der Waals surface area contributed by atoms with Gasteiger partial charge in [-0.05, 0) is 41.8 Å². The van der Waals surface area contributed by atoms with Crippen LogP contribution in [0, 0.1) is 18.6 Å². The highest BCUT2D eigenvalue weighted by molar-refractivity contribution is 5.43. The SMILES string of the molecule is Cc1c(Cc2ccnc(N)c2F)cncc1Oc1ncccc1F. The van der Waals surface area contributed by atoms with Crippen molar-refractivity contribution in [1.82, 2.24) is 15.0 Å². The highest BCUT2D eigenvalue weighted by atomic mass is 19.1. The van der Waals surface area contributed by atoms with E-state index in [0.717, 1.165) is 5.56 Å². The minimum atomic E-state index is -0.574. The first-order chi connectivity index (χ1) is 11.6. The zero-order valence-electron chi connectivity index (χ0n) is 12.8. The summed E-state index contributed by atoms with van der Waals surface area (Å²) in [4.78, 5) is 11.6. The molecule has 3 aromatic rings. The van der Waals surface area contributed by atoms with Crippen LogP contribution in [0.3, 0.4) is 0 Å². The zero-order chi connectivity index (χ0) is 17.1. The van der Waals surface area contributed by atoms with Crippen molar-refractivity contribution >= 4 is 5.82 Å². The summed E-state index contributed by atoms with van der Waals surface area (Å²) in [6.45, 7) is 1.79. The summed E-state index contributed by atoms with van der Waals surface area (Å²) in [6, 6.07) is 4.28. The van der Waals surface area contributed by atoms with E-state index >= 15 is 0 Å². The summed E-state index contributed by atoms with van der Waals surface area (Å²) in [5.74, 6) is -1.07. The van der Waals surface area contributed by atoms with E-state index in [4.69, 9.17) is 10.5 Å². The van der Waals surface area contributed by atoms with Gasteiger partial charge in [-0.3, -0.25) is 4.98 Å².